The second-order valence-electron chi connectivity index (χ2n) is 8.11. The van der Waals surface area contributed by atoms with E-state index in [2.05, 4.69) is 41.1 Å². The Bertz CT molecular complexity index is 1130. The van der Waals surface area contributed by atoms with E-state index in [9.17, 15) is 0 Å². The Morgan fingerprint density at radius 1 is 0.727 bits per heavy atom. The maximum Gasteiger partial charge on any atom is 0.119 e. The Morgan fingerprint density at radius 2 is 1.30 bits per heavy atom. The maximum atomic E-state index is 5.87. The number of hydrogen-bond acceptors (Lipinski definition) is 7. The minimum absolute atomic E-state index is 0.608. The molecule has 0 atom stereocenters. The third kappa shape index (κ3) is 5.84. The van der Waals surface area contributed by atoms with Crippen LogP contribution >= 0.6 is 0 Å². The zero-order valence-electron chi connectivity index (χ0n) is 18.9. The highest BCUT2D eigenvalue weighted by molar-refractivity contribution is 5.75. The number of nitrogen functional groups attached to an aromatic ring is 2. The second-order valence-corrected chi connectivity index (χ2v) is 8.11. The lowest BCUT2D eigenvalue weighted by atomic mass is 10.0. The molecular formula is C26H28N6O. The summed E-state index contributed by atoms with van der Waals surface area (Å²) < 4.78 is 5.87. The van der Waals surface area contributed by atoms with Gasteiger partial charge in [-0.25, -0.2) is 4.98 Å². The van der Waals surface area contributed by atoms with Gasteiger partial charge >= 0.3 is 0 Å². The average Bonchev–Trinajstić information content (AvgIpc) is 2.83. The molecule has 0 fully saturated rings. The molecule has 0 aliphatic heterocycles. The molecule has 7 nitrogen and oxygen atoms in total. The van der Waals surface area contributed by atoms with E-state index >= 15 is 0 Å². The summed E-state index contributed by atoms with van der Waals surface area (Å²) in [5.41, 5.74) is 17.9. The minimum Gasteiger partial charge on any atom is -0.494 e. The second kappa shape index (κ2) is 10.1. The van der Waals surface area contributed by atoms with Crippen molar-refractivity contribution < 1.29 is 4.74 Å². The fourth-order valence-electron chi connectivity index (χ4n) is 3.39. The molecule has 0 aliphatic carbocycles. The number of hydrogen-bond donors (Lipinski definition) is 2. The number of rotatable bonds is 8. The summed E-state index contributed by atoms with van der Waals surface area (Å²) in [4.78, 5) is 15.9. The van der Waals surface area contributed by atoms with E-state index in [0.29, 0.717) is 18.0 Å². The van der Waals surface area contributed by atoms with Gasteiger partial charge in [0.15, 0.2) is 0 Å². The number of aromatic nitrogens is 3. The summed E-state index contributed by atoms with van der Waals surface area (Å²) in [6.45, 7) is 1.69. The fourth-order valence-corrected chi connectivity index (χ4v) is 3.39. The molecular weight excluding hydrogens is 412 g/mol. The van der Waals surface area contributed by atoms with Gasteiger partial charge in [-0.15, -0.1) is 0 Å². The zero-order valence-corrected chi connectivity index (χ0v) is 18.9. The Kier molecular flexibility index (Phi) is 6.80. The zero-order chi connectivity index (χ0) is 23.2. The van der Waals surface area contributed by atoms with Crippen molar-refractivity contribution in [3.05, 3.63) is 73.1 Å². The van der Waals surface area contributed by atoms with Crippen LogP contribution in [0.3, 0.4) is 0 Å². The first-order valence-electron chi connectivity index (χ1n) is 10.8. The number of ether oxygens (including phenoxy) is 1. The normalized spacial score (nSPS) is 11.0. The van der Waals surface area contributed by atoms with Gasteiger partial charge in [-0.3, -0.25) is 9.97 Å². The van der Waals surface area contributed by atoms with Gasteiger partial charge in [0, 0.05) is 6.54 Å². The lowest BCUT2D eigenvalue weighted by Gasteiger charge is -2.12. The molecule has 3 heterocycles. The molecule has 3 aromatic heterocycles. The average molecular weight is 441 g/mol. The standard InChI is InChI=1S/C26H28N6O/c1-32(2)12-3-13-33-22-8-4-18(5-9-22)19-14-25(23-10-6-20(27)16-29-23)31-26(15-19)24-11-7-21(28)17-30-24/h4-11,14-17H,3,12-13,27-28H2,1-2H3. The van der Waals surface area contributed by atoms with Gasteiger partial charge < -0.3 is 21.1 Å². The summed E-state index contributed by atoms with van der Waals surface area (Å²) in [6.07, 6.45) is 4.25. The quantitative estimate of drug-likeness (QED) is 0.392. The molecule has 4 rings (SSSR count). The number of pyridine rings is 3. The third-order valence-electron chi connectivity index (χ3n) is 5.13. The highest BCUT2D eigenvalue weighted by Gasteiger charge is 2.11. The molecule has 0 saturated carbocycles. The van der Waals surface area contributed by atoms with Crippen LogP contribution in [0, 0.1) is 0 Å². The molecule has 33 heavy (non-hydrogen) atoms. The number of anilines is 2. The molecule has 4 aromatic rings. The number of nitrogens with two attached hydrogens (primary N) is 2. The van der Waals surface area contributed by atoms with Gasteiger partial charge in [-0.05, 0) is 80.2 Å². The predicted molar refractivity (Wildman–Crippen MR) is 134 cm³/mol. The molecule has 0 saturated heterocycles. The number of benzene rings is 1. The van der Waals surface area contributed by atoms with Crippen molar-refractivity contribution >= 4 is 11.4 Å². The molecule has 0 spiro atoms. The first-order chi connectivity index (χ1) is 16.0. The maximum absolute atomic E-state index is 5.87. The van der Waals surface area contributed by atoms with E-state index in [1.165, 1.54) is 0 Å². The molecule has 168 valence electrons. The van der Waals surface area contributed by atoms with Crippen LogP contribution in [0.5, 0.6) is 5.75 Å². The van der Waals surface area contributed by atoms with Gasteiger partial charge in [-0.1, -0.05) is 12.1 Å². The summed E-state index contributed by atoms with van der Waals surface area (Å²) >= 11 is 0. The molecule has 0 aliphatic rings. The van der Waals surface area contributed by atoms with Gasteiger partial charge in [0.25, 0.3) is 0 Å². The van der Waals surface area contributed by atoms with E-state index in [1.807, 2.05) is 48.5 Å². The monoisotopic (exact) mass is 440 g/mol. The van der Waals surface area contributed by atoms with E-state index in [-0.39, 0.29) is 0 Å². The van der Waals surface area contributed by atoms with Crippen molar-refractivity contribution in [3.8, 4) is 39.7 Å². The minimum atomic E-state index is 0.608. The number of nitrogens with zero attached hydrogens (tertiary/aromatic N) is 4. The van der Waals surface area contributed by atoms with Gasteiger partial charge in [0.05, 0.1) is 53.2 Å². The molecule has 0 unspecified atom stereocenters. The van der Waals surface area contributed by atoms with Crippen LogP contribution in [0.25, 0.3) is 33.9 Å². The van der Waals surface area contributed by atoms with E-state index in [0.717, 1.165) is 52.6 Å². The van der Waals surface area contributed by atoms with Crippen molar-refractivity contribution in [1.29, 1.82) is 0 Å². The SMILES string of the molecule is CN(C)CCCOc1ccc(-c2cc(-c3ccc(N)cn3)nc(-c3ccc(N)cn3)c2)cc1. The molecule has 1 aromatic carbocycles. The first kappa shape index (κ1) is 22.2. The molecule has 7 heteroatoms. The smallest absolute Gasteiger partial charge is 0.119 e. The first-order valence-corrected chi connectivity index (χ1v) is 10.8. The summed E-state index contributed by atoms with van der Waals surface area (Å²) in [5, 5.41) is 0. The van der Waals surface area contributed by atoms with Crippen molar-refractivity contribution in [1.82, 2.24) is 19.9 Å². The largest absolute Gasteiger partial charge is 0.494 e. The van der Waals surface area contributed by atoms with Crippen molar-refractivity contribution in [2.45, 2.75) is 6.42 Å². The summed E-state index contributed by atoms with van der Waals surface area (Å²) in [7, 11) is 4.12. The molecule has 4 N–H and O–H groups in total. The summed E-state index contributed by atoms with van der Waals surface area (Å²) in [6, 6.07) is 19.5. The van der Waals surface area contributed by atoms with E-state index < -0.39 is 0 Å². The topological polar surface area (TPSA) is 103 Å². The predicted octanol–water partition coefficient (Wildman–Crippen LogP) is 4.37. The third-order valence-corrected chi connectivity index (χ3v) is 5.13. The highest BCUT2D eigenvalue weighted by Crippen LogP contribution is 2.30. The highest BCUT2D eigenvalue weighted by atomic mass is 16.5. The van der Waals surface area contributed by atoms with Crippen molar-refractivity contribution in [2.24, 2.45) is 0 Å². The van der Waals surface area contributed by atoms with Crippen LogP contribution in [-0.2, 0) is 0 Å². The lowest BCUT2D eigenvalue weighted by molar-refractivity contribution is 0.281. The lowest BCUT2D eigenvalue weighted by Crippen LogP contribution is -2.15. The molecule has 0 radical (unpaired) electrons. The van der Waals surface area contributed by atoms with Crippen LogP contribution in [0.15, 0.2) is 73.1 Å². The Morgan fingerprint density at radius 3 is 1.79 bits per heavy atom. The Hall–Kier alpha value is -3.97. The van der Waals surface area contributed by atoms with Crippen molar-refractivity contribution in [2.75, 3.05) is 38.7 Å². The van der Waals surface area contributed by atoms with Crippen LogP contribution in [0.4, 0.5) is 11.4 Å². The van der Waals surface area contributed by atoms with Crippen molar-refractivity contribution in [3.63, 3.8) is 0 Å². The van der Waals surface area contributed by atoms with Crippen LogP contribution in [0.2, 0.25) is 0 Å². The van der Waals surface area contributed by atoms with E-state index in [1.54, 1.807) is 12.4 Å². The van der Waals surface area contributed by atoms with Gasteiger partial charge in [-0.2, -0.15) is 0 Å². The summed E-state index contributed by atoms with van der Waals surface area (Å²) in [5.74, 6) is 0.854. The molecule has 0 bridgehead atoms. The van der Waals surface area contributed by atoms with Crippen LogP contribution in [-0.4, -0.2) is 47.1 Å². The Labute approximate surface area is 194 Å². The van der Waals surface area contributed by atoms with Crippen LogP contribution < -0.4 is 16.2 Å². The van der Waals surface area contributed by atoms with Gasteiger partial charge in [0.2, 0.25) is 0 Å². The molecule has 0 amide bonds. The van der Waals surface area contributed by atoms with Gasteiger partial charge in [0.1, 0.15) is 5.75 Å². The fraction of sp³-hybridized carbons (Fsp3) is 0.192. The van der Waals surface area contributed by atoms with E-state index in [4.69, 9.17) is 21.2 Å². The van der Waals surface area contributed by atoms with Crippen LogP contribution in [0.1, 0.15) is 6.42 Å². The Balaban J connectivity index is 1.65.